The van der Waals surface area contributed by atoms with Crippen molar-refractivity contribution in [2.45, 2.75) is 32.7 Å². The van der Waals surface area contributed by atoms with Gasteiger partial charge in [-0.2, -0.15) is 0 Å². The lowest BCUT2D eigenvalue weighted by atomic mass is 9.87. The molecule has 4 heteroatoms. The minimum absolute atomic E-state index is 0.0778. The van der Waals surface area contributed by atoms with Gasteiger partial charge in [-0.15, -0.1) is 0 Å². The normalized spacial score (nSPS) is 20.1. The summed E-state index contributed by atoms with van der Waals surface area (Å²) in [6.45, 7) is 8.59. The van der Waals surface area contributed by atoms with Crippen LogP contribution in [0.4, 0.5) is 0 Å². The Labute approximate surface area is 120 Å². The number of carboxylic acid groups (broad SMARTS) is 1. The number of carbonyl (C=O) groups is 1. The van der Waals surface area contributed by atoms with Crippen molar-refractivity contribution in [1.82, 2.24) is 9.88 Å². The molecule has 1 aliphatic heterocycles. The van der Waals surface area contributed by atoms with Crippen molar-refractivity contribution in [1.29, 1.82) is 0 Å². The zero-order valence-corrected chi connectivity index (χ0v) is 12.3. The highest BCUT2D eigenvalue weighted by Crippen LogP contribution is 2.22. The van der Waals surface area contributed by atoms with Gasteiger partial charge in [0.2, 0.25) is 0 Å². The van der Waals surface area contributed by atoms with Crippen LogP contribution < -0.4 is 0 Å². The van der Waals surface area contributed by atoms with Crippen molar-refractivity contribution in [3.05, 3.63) is 41.7 Å². The van der Waals surface area contributed by atoms with E-state index in [-0.39, 0.29) is 5.41 Å². The Morgan fingerprint density at radius 2 is 2.20 bits per heavy atom. The van der Waals surface area contributed by atoms with Gasteiger partial charge in [0.25, 0.3) is 0 Å². The summed E-state index contributed by atoms with van der Waals surface area (Å²) in [7, 11) is 0. The highest BCUT2D eigenvalue weighted by atomic mass is 16.4. The first-order chi connectivity index (χ1) is 9.36. The smallest absolute Gasteiger partial charge is 0.311 e. The molecule has 1 atom stereocenters. The highest BCUT2D eigenvalue weighted by Gasteiger charge is 2.22. The van der Waals surface area contributed by atoms with Gasteiger partial charge in [-0.25, -0.2) is 0 Å². The van der Waals surface area contributed by atoms with Crippen LogP contribution in [0.2, 0.25) is 0 Å². The van der Waals surface area contributed by atoms with Gasteiger partial charge < -0.3 is 5.11 Å². The van der Waals surface area contributed by atoms with Crippen LogP contribution in [0.5, 0.6) is 0 Å². The molecule has 108 valence electrons. The molecule has 1 aromatic heterocycles. The second kappa shape index (κ2) is 5.75. The van der Waals surface area contributed by atoms with E-state index in [9.17, 15) is 4.79 Å². The summed E-state index contributed by atoms with van der Waals surface area (Å²) >= 11 is 0. The molecule has 1 N–H and O–H groups in total. The Morgan fingerprint density at radius 3 is 2.85 bits per heavy atom. The van der Waals surface area contributed by atoms with E-state index in [4.69, 9.17) is 5.11 Å². The summed E-state index contributed by atoms with van der Waals surface area (Å²) in [5, 5.41) is 9.08. The molecule has 20 heavy (non-hydrogen) atoms. The molecule has 0 saturated heterocycles. The van der Waals surface area contributed by atoms with Gasteiger partial charge in [0, 0.05) is 32.0 Å². The van der Waals surface area contributed by atoms with Crippen molar-refractivity contribution in [3.63, 3.8) is 0 Å². The van der Waals surface area contributed by atoms with Crippen LogP contribution >= 0.6 is 0 Å². The fourth-order valence-electron chi connectivity index (χ4n) is 2.32. The molecule has 0 saturated carbocycles. The number of pyridine rings is 1. The van der Waals surface area contributed by atoms with Crippen molar-refractivity contribution in [3.8, 4) is 0 Å². The third-order valence-electron chi connectivity index (χ3n) is 3.57. The minimum Gasteiger partial charge on any atom is -0.481 e. The lowest BCUT2D eigenvalue weighted by molar-refractivity contribution is -0.140. The molecular weight excluding hydrogens is 252 g/mol. The first-order valence-corrected chi connectivity index (χ1v) is 6.92. The van der Waals surface area contributed by atoms with Gasteiger partial charge in [-0.3, -0.25) is 14.7 Å². The molecule has 1 aliphatic rings. The third-order valence-corrected chi connectivity index (χ3v) is 3.57. The number of nitrogens with zero attached hydrogens (tertiary/aromatic N) is 2. The largest absolute Gasteiger partial charge is 0.481 e. The number of aromatic nitrogens is 1. The van der Waals surface area contributed by atoms with E-state index in [0.29, 0.717) is 6.54 Å². The number of aliphatic carboxylic acids is 1. The molecule has 0 radical (unpaired) electrons. The summed E-state index contributed by atoms with van der Waals surface area (Å²) in [4.78, 5) is 17.5. The highest BCUT2D eigenvalue weighted by molar-refractivity contribution is 5.72. The number of carboxylic acids is 1. The first kappa shape index (κ1) is 14.7. The van der Waals surface area contributed by atoms with E-state index >= 15 is 0 Å². The van der Waals surface area contributed by atoms with Gasteiger partial charge in [0.1, 0.15) is 0 Å². The van der Waals surface area contributed by atoms with E-state index in [0.717, 1.165) is 18.7 Å². The van der Waals surface area contributed by atoms with Crippen LogP contribution in [0.25, 0.3) is 0 Å². The SMILES string of the molecule is CC(C)(C)c1cncc(CN2CC=CC(C(=O)O)C2)c1. The summed E-state index contributed by atoms with van der Waals surface area (Å²) in [6, 6.07) is 2.17. The monoisotopic (exact) mass is 274 g/mol. The molecule has 1 unspecified atom stereocenters. The standard InChI is InChI=1S/C16H22N2O2/c1-16(2,3)14-7-12(8-17-9-14)10-18-6-4-5-13(11-18)15(19)20/h4-5,7-9,13H,6,10-11H2,1-3H3,(H,19,20). The van der Waals surface area contributed by atoms with Crippen molar-refractivity contribution in [2.75, 3.05) is 13.1 Å². The van der Waals surface area contributed by atoms with Crippen LogP contribution in [0.15, 0.2) is 30.6 Å². The fraction of sp³-hybridized carbons (Fsp3) is 0.500. The van der Waals surface area contributed by atoms with Crippen LogP contribution in [-0.4, -0.2) is 34.0 Å². The molecule has 0 aliphatic carbocycles. The molecule has 0 bridgehead atoms. The second-order valence-corrected chi connectivity index (χ2v) is 6.40. The maximum Gasteiger partial charge on any atom is 0.311 e. The topological polar surface area (TPSA) is 53.4 Å². The van der Waals surface area contributed by atoms with Crippen molar-refractivity contribution >= 4 is 5.97 Å². The molecule has 2 rings (SSSR count). The molecule has 0 spiro atoms. The van der Waals surface area contributed by atoms with E-state index < -0.39 is 11.9 Å². The number of rotatable bonds is 3. The predicted octanol–water partition coefficient (Wildman–Crippen LogP) is 2.45. The summed E-state index contributed by atoms with van der Waals surface area (Å²) in [5.74, 6) is -1.16. The predicted molar refractivity (Wildman–Crippen MR) is 78.5 cm³/mol. The van der Waals surface area contributed by atoms with Crippen LogP contribution in [0.1, 0.15) is 31.9 Å². The summed E-state index contributed by atoms with van der Waals surface area (Å²) in [5.41, 5.74) is 2.42. The quantitative estimate of drug-likeness (QED) is 0.860. The Kier molecular flexibility index (Phi) is 4.23. The van der Waals surface area contributed by atoms with Gasteiger partial charge in [0.15, 0.2) is 0 Å². The first-order valence-electron chi connectivity index (χ1n) is 6.92. The molecular formula is C16H22N2O2. The Morgan fingerprint density at radius 1 is 1.45 bits per heavy atom. The zero-order valence-electron chi connectivity index (χ0n) is 12.3. The minimum atomic E-state index is -0.757. The van der Waals surface area contributed by atoms with Gasteiger partial charge in [-0.05, 0) is 16.5 Å². The molecule has 4 nitrogen and oxygen atoms in total. The third kappa shape index (κ3) is 3.67. The summed E-state index contributed by atoms with van der Waals surface area (Å²) in [6.07, 6.45) is 7.48. The number of hydrogen-bond acceptors (Lipinski definition) is 3. The van der Waals surface area contributed by atoms with Crippen LogP contribution in [0, 0.1) is 5.92 Å². The maximum absolute atomic E-state index is 11.0. The van der Waals surface area contributed by atoms with Crippen molar-refractivity contribution < 1.29 is 9.90 Å². The molecule has 0 aromatic carbocycles. The maximum atomic E-state index is 11.0. The second-order valence-electron chi connectivity index (χ2n) is 6.40. The number of hydrogen-bond donors (Lipinski definition) is 1. The van der Waals surface area contributed by atoms with E-state index in [1.807, 2.05) is 18.5 Å². The average molecular weight is 274 g/mol. The molecule has 1 aromatic rings. The van der Waals surface area contributed by atoms with Gasteiger partial charge >= 0.3 is 5.97 Å². The van der Waals surface area contributed by atoms with E-state index in [1.54, 1.807) is 6.08 Å². The zero-order chi connectivity index (χ0) is 14.8. The Hall–Kier alpha value is -1.68. The summed E-state index contributed by atoms with van der Waals surface area (Å²) < 4.78 is 0. The Bertz CT molecular complexity index is 517. The lowest BCUT2D eigenvalue weighted by Gasteiger charge is -2.27. The molecule has 0 amide bonds. The van der Waals surface area contributed by atoms with Crippen LogP contribution in [0.3, 0.4) is 0 Å². The van der Waals surface area contributed by atoms with E-state index in [2.05, 4.69) is 36.7 Å². The van der Waals surface area contributed by atoms with Gasteiger partial charge in [0.05, 0.1) is 5.92 Å². The fourth-order valence-corrected chi connectivity index (χ4v) is 2.32. The molecule has 0 fully saturated rings. The molecule has 2 heterocycles. The average Bonchev–Trinajstić information content (AvgIpc) is 2.38. The lowest BCUT2D eigenvalue weighted by Crippen LogP contribution is -2.35. The van der Waals surface area contributed by atoms with Crippen LogP contribution in [-0.2, 0) is 16.8 Å². The van der Waals surface area contributed by atoms with Crippen molar-refractivity contribution in [2.24, 2.45) is 5.92 Å². The Balaban J connectivity index is 2.07. The van der Waals surface area contributed by atoms with E-state index in [1.165, 1.54) is 5.56 Å². The van der Waals surface area contributed by atoms with Gasteiger partial charge in [-0.1, -0.05) is 39.0 Å².